The third kappa shape index (κ3) is 2.89. The molecule has 0 saturated heterocycles. The van der Waals surface area contributed by atoms with Crippen LogP contribution in [0.2, 0.25) is 0 Å². The van der Waals surface area contributed by atoms with Crippen molar-refractivity contribution >= 4 is 27.0 Å². The molecular formula is C17H14N2O2S. The Kier molecular flexibility index (Phi) is 3.73. The monoisotopic (exact) mass is 310 g/mol. The highest BCUT2D eigenvalue weighted by atomic mass is 32.2. The number of aryl methyl sites for hydroxylation is 1. The molecule has 0 atom stereocenters. The lowest BCUT2D eigenvalue weighted by atomic mass is 10.1. The highest BCUT2D eigenvalue weighted by molar-refractivity contribution is 7.90. The summed E-state index contributed by atoms with van der Waals surface area (Å²) in [5.74, 6) is 0. The van der Waals surface area contributed by atoms with Crippen LogP contribution >= 0.6 is 0 Å². The maximum absolute atomic E-state index is 12.2. The van der Waals surface area contributed by atoms with Crippen LogP contribution in [0.25, 0.3) is 10.8 Å². The van der Waals surface area contributed by atoms with Gasteiger partial charge in [-0.3, -0.25) is 4.98 Å². The van der Waals surface area contributed by atoms with E-state index in [4.69, 9.17) is 0 Å². The van der Waals surface area contributed by atoms with Gasteiger partial charge in [0.2, 0.25) is 0 Å². The van der Waals surface area contributed by atoms with Crippen molar-refractivity contribution in [3.05, 3.63) is 72.1 Å². The number of hydrogen-bond donors (Lipinski definition) is 0. The Morgan fingerprint density at radius 3 is 2.59 bits per heavy atom. The second-order valence-corrected chi connectivity index (χ2v) is 6.60. The van der Waals surface area contributed by atoms with Gasteiger partial charge in [0.05, 0.1) is 4.90 Å². The van der Waals surface area contributed by atoms with Crippen molar-refractivity contribution in [2.75, 3.05) is 0 Å². The van der Waals surface area contributed by atoms with Gasteiger partial charge in [0.1, 0.15) is 0 Å². The molecule has 0 radical (unpaired) electrons. The van der Waals surface area contributed by atoms with Gasteiger partial charge in [0, 0.05) is 29.6 Å². The van der Waals surface area contributed by atoms with Crippen LogP contribution in [-0.2, 0) is 10.0 Å². The van der Waals surface area contributed by atoms with Crippen LogP contribution < -0.4 is 0 Å². The molecule has 0 fully saturated rings. The normalized spacial score (nSPS) is 12.0. The smallest absolute Gasteiger partial charge is 0.264 e. The largest absolute Gasteiger partial charge is 0.282 e. The number of aromatic nitrogens is 1. The summed E-state index contributed by atoms with van der Waals surface area (Å²) in [7, 11) is -3.69. The summed E-state index contributed by atoms with van der Waals surface area (Å²) < 4.78 is 28.3. The predicted octanol–water partition coefficient (Wildman–Crippen LogP) is 3.35. The predicted molar refractivity (Wildman–Crippen MR) is 87.7 cm³/mol. The Morgan fingerprint density at radius 2 is 1.82 bits per heavy atom. The molecule has 0 spiro atoms. The first-order chi connectivity index (χ1) is 10.6. The molecule has 5 heteroatoms. The van der Waals surface area contributed by atoms with Crippen LogP contribution in [0.4, 0.5) is 0 Å². The fourth-order valence-corrected chi connectivity index (χ4v) is 3.01. The summed E-state index contributed by atoms with van der Waals surface area (Å²) in [6, 6.07) is 14.1. The van der Waals surface area contributed by atoms with Gasteiger partial charge in [-0.2, -0.15) is 12.8 Å². The van der Waals surface area contributed by atoms with E-state index in [1.54, 1.807) is 36.7 Å². The molecule has 22 heavy (non-hydrogen) atoms. The highest BCUT2D eigenvalue weighted by Gasteiger charge is 2.11. The summed E-state index contributed by atoms with van der Waals surface area (Å²) in [5, 5.41) is 1.86. The molecule has 3 aromatic rings. The van der Waals surface area contributed by atoms with Crippen molar-refractivity contribution in [1.29, 1.82) is 0 Å². The van der Waals surface area contributed by atoms with Gasteiger partial charge in [0.15, 0.2) is 0 Å². The van der Waals surface area contributed by atoms with Gasteiger partial charge >= 0.3 is 0 Å². The van der Waals surface area contributed by atoms with Crippen molar-refractivity contribution in [1.82, 2.24) is 4.98 Å². The third-order valence-corrected chi connectivity index (χ3v) is 4.61. The van der Waals surface area contributed by atoms with E-state index >= 15 is 0 Å². The first-order valence-electron chi connectivity index (χ1n) is 6.76. The average molecular weight is 310 g/mol. The first kappa shape index (κ1) is 14.4. The zero-order valence-electron chi connectivity index (χ0n) is 12.0. The molecule has 110 valence electrons. The van der Waals surface area contributed by atoms with Gasteiger partial charge in [-0.25, -0.2) is 0 Å². The minimum atomic E-state index is -3.69. The van der Waals surface area contributed by atoms with E-state index < -0.39 is 10.0 Å². The minimum Gasteiger partial charge on any atom is -0.264 e. The summed E-state index contributed by atoms with van der Waals surface area (Å²) >= 11 is 0. The topological polar surface area (TPSA) is 59.4 Å². The van der Waals surface area contributed by atoms with Gasteiger partial charge in [-0.05, 0) is 30.5 Å². The van der Waals surface area contributed by atoms with Crippen LogP contribution in [0.1, 0.15) is 11.1 Å². The third-order valence-electron chi connectivity index (χ3n) is 3.36. The van der Waals surface area contributed by atoms with Crippen molar-refractivity contribution in [2.45, 2.75) is 11.8 Å². The van der Waals surface area contributed by atoms with Gasteiger partial charge in [-0.15, -0.1) is 0 Å². The Balaban J connectivity index is 2.00. The van der Waals surface area contributed by atoms with Crippen molar-refractivity contribution in [3.8, 4) is 0 Å². The molecule has 3 rings (SSSR count). The Bertz CT molecular complexity index is 941. The molecule has 0 N–H and O–H groups in total. The van der Waals surface area contributed by atoms with E-state index in [-0.39, 0.29) is 4.90 Å². The minimum absolute atomic E-state index is 0.191. The molecule has 1 aromatic heterocycles. The quantitative estimate of drug-likeness (QED) is 0.697. The maximum atomic E-state index is 12.2. The SMILES string of the molecule is Cc1ccc(S(=O)(=O)N=Cc2cccc3cnccc23)cc1. The van der Waals surface area contributed by atoms with Crippen molar-refractivity contribution in [2.24, 2.45) is 4.40 Å². The lowest BCUT2D eigenvalue weighted by Crippen LogP contribution is -1.98. The van der Waals surface area contributed by atoms with Crippen LogP contribution in [-0.4, -0.2) is 19.6 Å². The number of pyridine rings is 1. The van der Waals surface area contributed by atoms with Crippen LogP contribution in [0.15, 0.2) is 70.2 Å². The number of sulfonamides is 1. The van der Waals surface area contributed by atoms with Crippen molar-refractivity contribution < 1.29 is 8.42 Å². The number of fused-ring (bicyclic) bond motifs is 1. The van der Waals surface area contributed by atoms with Gasteiger partial charge in [-0.1, -0.05) is 35.9 Å². The molecular weight excluding hydrogens is 296 g/mol. The molecule has 0 saturated carbocycles. The summed E-state index contributed by atoms with van der Waals surface area (Å²) in [6.07, 6.45) is 4.80. The highest BCUT2D eigenvalue weighted by Crippen LogP contribution is 2.17. The maximum Gasteiger partial charge on any atom is 0.282 e. The molecule has 0 unspecified atom stereocenters. The number of rotatable bonds is 3. The zero-order chi connectivity index (χ0) is 15.6. The summed E-state index contributed by atoms with van der Waals surface area (Å²) in [4.78, 5) is 4.25. The van der Waals surface area contributed by atoms with Gasteiger partial charge < -0.3 is 0 Å². The molecule has 0 amide bonds. The van der Waals surface area contributed by atoms with E-state index in [1.807, 2.05) is 31.2 Å². The zero-order valence-corrected chi connectivity index (χ0v) is 12.8. The fraction of sp³-hybridized carbons (Fsp3) is 0.0588. The van der Waals surface area contributed by atoms with E-state index in [2.05, 4.69) is 9.38 Å². The average Bonchev–Trinajstić information content (AvgIpc) is 2.53. The van der Waals surface area contributed by atoms with Gasteiger partial charge in [0.25, 0.3) is 10.0 Å². The van der Waals surface area contributed by atoms with E-state index in [1.165, 1.54) is 6.21 Å². The second kappa shape index (κ2) is 5.69. The van der Waals surface area contributed by atoms with Crippen LogP contribution in [0.5, 0.6) is 0 Å². The lowest BCUT2D eigenvalue weighted by Gasteiger charge is -2.02. The lowest BCUT2D eigenvalue weighted by molar-refractivity contribution is 0.598. The van der Waals surface area contributed by atoms with E-state index in [0.717, 1.165) is 21.9 Å². The molecule has 0 aliphatic heterocycles. The number of hydrogen-bond acceptors (Lipinski definition) is 3. The van der Waals surface area contributed by atoms with Crippen LogP contribution in [0.3, 0.4) is 0 Å². The molecule has 0 aliphatic rings. The Morgan fingerprint density at radius 1 is 1.05 bits per heavy atom. The fourth-order valence-electron chi connectivity index (χ4n) is 2.16. The van der Waals surface area contributed by atoms with Crippen LogP contribution in [0, 0.1) is 6.92 Å². The summed E-state index contributed by atoms with van der Waals surface area (Å²) in [6.45, 7) is 1.91. The Hall–Kier alpha value is -2.53. The molecule has 1 heterocycles. The van der Waals surface area contributed by atoms with E-state index in [0.29, 0.717) is 0 Å². The standard InChI is InChI=1S/C17H14N2O2S/c1-13-5-7-16(8-6-13)22(20,21)19-12-15-4-2-3-14-11-18-10-9-17(14)15/h2-12H,1H3. The Labute approximate surface area is 129 Å². The summed E-state index contributed by atoms with van der Waals surface area (Å²) in [5.41, 5.74) is 1.75. The number of benzene rings is 2. The molecule has 0 bridgehead atoms. The molecule has 4 nitrogen and oxygen atoms in total. The number of nitrogens with zero attached hydrogens (tertiary/aromatic N) is 2. The molecule has 2 aromatic carbocycles. The first-order valence-corrected chi connectivity index (χ1v) is 8.20. The van der Waals surface area contributed by atoms with Crippen molar-refractivity contribution in [3.63, 3.8) is 0 Å². The second-order valence-electron chi connectivity index (χ2n) is 4.97. The van der Waals surface area contributed by atoms with E-state index in [9.17, 15) is 8.42 Å². The molecule has 0 aliphatic carbocycles.